The van der Waals surface area contributed by atoms with E-state index in [0.717, 1.165) is 11.2 Å². The Hall–Kier alpha value is -2.20. The second kappa shape index (κ2) is 5.40. The van der Waals surface area contributed by atoms with Crippen molar-refractivity contribution < 1.29 is 0 Å². The fourth-order valence-corrected chi connectivity index (χ4v) is 5.06. The van der Waals surface area contributed by atoms with Crippen LogP contribution in [0.15, 0.2) is 78.9 Å². The number of aromatic nitrogens is 1. The Morgan fingerprint density at radius 3 is 2.28 bits per heavy atom. The first-order valence-corrected chi connectivity index (χ1v) is 9.52. The summed E-state index contributed by atoms with van der Waals surface area (Å²) in [5.41, 5.74) is 7.25. The Morgan fingerprint density at radius 1 is 0.760 bits per heavy atom. The third-order valence-electron chi connectivity index (χ3n) is 5.40. The van der Waals surface area contributed by atoms with Crippen molar-refractivity contribution in [2.24, 2.45) is 0 Å². The van der Waals surface area contributed by atoms with Gasteiger partial charge in [0.2, 0.25) is 0 Å². The molecule has 25 heavy (non-hydrogen) atoms. The van der Waals surface area contributed by atoms with Crippen LogP contribution in [0.3, 0.4) is 0 Å². The average molecular weight is 433 g/mol. The monoisotopic (exact) mass is 433 g/mol. The average Bonchev–Trinajstić information content (AvgIpc) is 2.90. The van der Waals surface area contributed by atoms with Gasteiger partial charge in [0.05, 0.1) is 11.2 Å². The Labute approximate surface area is 160 Å². The fraction of sp³-hybridized carbons (Fsp3) is 0.0870. The Morgan fingerprint density at radius 2 is 1.44 bits per heavy atom. The van der Waals surface area contributed by atoms with Crippen molar-refractivity contribution in [1.82, 2.24) is 4.98 Å². The van der Waals surface area contributed by atoms with Crippen LogP contribution in [0, 0.1) is 3.57 Å². The van der Waals surface area contributed by atoms with Gasteiger partial charge in [-0.2, -0.15) is 0 Å². The van der Waals surface area contributed by atoms with E-state index in [9.17, 15) is 0 Å². The molecule has 1 atom stereocenters. The zero-order chi connectivity index (χ0) is 17.0. The molecule has 2 heteroatoms. The number of pyridine rings is 1. The van der Waals surface area contributed by atoms with Gasteiger partial charge in [-0.25, -0.2) is 4.98 Å². The highest BCUT2D eigenvalue weighted by Crippen LogP contribution is 2.52. The maximum atomic E-state index is 5.05. The Balaban J connectivity index is 1.93. The lowest BCUT2D eigenvalue weighted by molar-refractivity contribution is 0.709. The molecular weight excluding hydrogens is 417 g/mol. The molecule has 0 spiro atoms. The number of benzene rings is 3. The van der Waals surface area contributed by atoms with E-state index in [1.54, 1.807) is 0 Å². The van der Waals surface area contributed by atoms with Gasteiger partial charge in [-0.15, -0.1) is 0 Å². The number of nitrogens with zero attached hydrogens (tertiary/aromatic N) is 1. The van der Waals surface area contributed by atoms with E-state index in [-0.39, 0.29) is 5.41 Å². The van der Waals surface area contributed by atoms with Crippen LogP contribution in [0.5, 0.6) is 0 Å². The minimum Gasteiger partial charge on any atom is -0.247 e. The molecule has 0 bridgehead atoms. The third kappa shape index (κ3) is 2.04. The first-order valence-electron chi connectivity index (χ1n) is 8.45. The standard InChI is InChI=1S/C23H16IN/c1-23(18-11-5-6-12-20(18)24)17-10-4-3-9-16(17)22-19(23)14-15-8-2-7-13-21(15)25-22/h2-14H,1H3. The molecule has 1 nitrogen and oxygen atoms in total. The van der Waals surface area contributed by atoms with Gasteiger partial charge in [0.25, 0.3) is 0 Å². The zero-order valence-electron chi connectivity index (χ0n) is 13.8. The summed E-state index contributed by atoms with van der Waals surface area (Å²) >= 11 is 2.46. The van der Waals surface area contributed by atoms with E-state index in [4.69, 9.17) is 4.98 Å². The maximum absolute atomic E-state index is 5.05. The highest BCUT2D eigenvalue weighted by Gasteiger charge is 2.42. The largest absolute Gasteiger partial charge is 0.247 e. The van der Waals surface area contributed by atoms with Crippen molar-refractivity contribution in [1.29, 1.82) is 0 Å². The van der Waals surface area contributed by atoms with Crippen LogP contribution in [-0.4, -0.2) is 4.98 Å². The van der Waals surface area contributed by atoms with Gasteiger partial charge in [-0.05, 0) is 64.4 Å². The Kier molecular flexibility index (Phi) is 3.26. The molecule has 3 aromatic carbocycles. The van der Waals surface area contributed by atoms with Gasteiger partial charge in [0.1, 0.15) is 0 Å². The molecule has 0 aliphatic heterocycles. The summed E-state index contributed by atoms with van der Waals surface area (Å²) in [6.07, 6.45) is 0. The second-order valence-electron chi connectivity index (χ2n) is 6.73. The molecule has 0 amide bonds. The lowest BCUT2D eigenvalue weighted by atomic mass is 9.74. The number of para-hydroxylation sites is 1. The van der Waals surface area contributed by atoms with E-state index in [1.165, 1.54) is 31.2 Å². The summed E-state index contributed by atoms with van der Waals surface area (Å²) in [5, 5.41) is 1.20. The lowest BCUT2D eigenvalue weighted by Gasteiger charge is -2.29. The van der Waals surface area contributed by atoms with Gasteiger partial charge in [-0.1, -0.05) is 60.7 Å². The molecular formula is C23H16IN. The van der Waals surface area contributed by atoms with Gasteiger partial charge >= 0.3 is 0 Å². The quantitative estimate of drug-likeness (QED) is 0.327. The molecule has 0 fully saturated rings. The molecule has 0 radical (unpaired) electrons. The topological polar surface area (TPSA) is 12.9 Å². The van der Waals surface area contributed by atoms with Crippen LogP contribution in [0.4, 0.5) is 0 Å². The molecule has 0 saturated heterocycles. The first kappa shape index (κ1) is 15.1. The van der Waals surface area contributed by atoms with Crippen LogP contribution in [0.1, 0.15) is 23.6 Å². The van der Waals surface area contributed by atoms with Crippen LogP contribution in [0.2, 0.25) is 0 Å². The summed E-state index contributed by atoms with van der Waals surface area (Å²) in [4.78, 5) is 5.05. The number of fused-ring (bicyclic) bond motifs is 4. The molecule has 1 unspecified atom stereocenters. The number of hydrogen-bond acceptors (Lipinski definition) is 1. The maximum Gasteiger partial charge on any atom is 0.0757 e. The number of rotatable bonds is 1. The van der Waals surface area contributed by atoms with Crippen molar-refractivity contribution in [3.8, 4) is 11.3 Å². The SMILES string of the molecule is CC1(c2ccccc2I)c2ccccc2-c2nc3ccccc3cc21. The molecule has 1 heterocycles. The number of hydrogen-bond donors (Lipinski definition) is 0. The molecule has 1 aliphatic carbocycles. The summed E-state index contributed by atoms with van der Waals surface area (Å²) < 4.78 is 1.29. The lowest BCUT2D eigenvalue weighted by Crippen LogP contribution is -2.23. The van der Waals surface area contributed by atoms with Crippen LogP contribution in [0.25, 0.3) is 22.2 Å². The zero-order valence-corrected chi connectivity index (χ0v) is 16.0. The molecule has 5 rings (SSSR count). The highest BCUT2D eigenvalue weighted by atomic mass is 127. The van der Waals surface area contributed by atoms with Crippen LogP contribution < -0.4 is 0 Å². The van der Waals surface area contributed by atoms with Gasteiger partial charge in [0, 0.05) is 19.9 Å². The van der Waals surface area contributed by atoms with Crippen LogP contribution in [-0.2, 0) is 5.41 Å². The smallest absolute Gasteiger partial charge is 0.0757 e. The molecule has 120 valence electrons. The summed E-state index contributed by atoms with van der Waals surface area (Å²) in [5.74, 6) is 0. The van der Waals surface area contributed by atoms with Crippen molar-refractivity contribution in [3.05, 3.63) is 99.1 Å². The van der Waals surface area contributed by atoms with Gasteiger partial charge in [-0.3, -0.25) is 0 Å². The van der Waals surface area contributed by atoms with E-state index in [1.807, 2.05) is 0 Å². The predicted molar refractivity (Wildman–Crippen MR) is 112 cm³/mol. The van der Waals surface area contributed by atoms with E-state index < -0.39 is 0 Å². The summed E-state index contributed by atoms with van der Waals surface area (Å²) in [6, 6.07) is 28.1. The van der Waals surface area contributed by atoms with Crippen molar-refractivity contribution in [2.45, 2.75) is 12.3 Å². The fourth-order valence-electron chi connectivity index (χ4n) is 4.13. The Bertz CT molecular complexity index is 1130. The van der Waals surface area contributed by atoms with Crippen molar-refractivity contribution in [3.63, 3.8) is 0 Å². The summed E-state index contributed by atoms with van der Waals surface area (Å²) in [7, 11) is 0. The molecule has 4 aromatic rings. The van der Waals surface area contributed by atoms with Crippen molar-refractivity contribution in [2.75, 3.05) is 0 Å². The molecule has 0 saturated carbocycles. The van der Waals surface area contributed by atoms with Crippen molar-refractivity contribution >= 4 is 33.5 Å². The van der Waals surface area contributed by atoms with E-state index in [2.05, 4.69) is 108 Å². The van der Waals surface area contributed by atoms with Crippen LogP contribution >= 0.6 is 22.6 Å². The minimum absolute atomic E-state index is 0.180. The van der Waals surface area contributed by atoms with Gasteiger partial charge in [0.15, 0.2) is 0 Å². The molecule has 1 aliphatic rings. The minimum atomic E-state index is -0.180. The van der Waals surface area contributed by atoms with E-state index in [0.29, 0.717) is 0 Å². The van der Waals surface area contributed by atoms with Gasteiger partial charge < -0.3 is 0 Å². The van der Waals surface area contributed by atoms with E-state index >= 15 is 0 Å². The number of halogens is 1. The highest BCUT2D eigenvalue weighted by molar-refractivity contribution is 14.1. The molecule has 0 N–H and O–H groups in total. The first-order chi connectivity index (χ1) is 12.2. The summed E-state index contributed by atoms with van der Waals surface area (Å²) in [6.45, 7) is 2.34. The predicted octanol–water partition coefficient (Wildman–Crippen LogP) is 6.17. The third-order valence-corrected chi connectivity index (χ3v) is 6.34. The molecule has 1 aromatic heterocycles. The normalized spacial score (nSPS) is 18.2. The second-order valence-corrected chi connectivity index (χ2v) is 7.89.